The first-order valence-corrected chi connectivity index (χ1v) is 11.2. The number of fused-ring (bicyclic) bond motifs is 1. The number of anilines is 1. The summed E-state index contributed by atoms with van der Waals surface area (Å²) in [5, 5.41) is 31.8. The van der Waals surface area contributed by atoms with Crippen LogP contribution in [0.5, 0.6) is 17.2 Å². The van der Waals surface area contributed by atoms with E-state index in [1.54, 1.807) is 12.3 Å². The third-order valence-corrected chi connectivity index (χ3v) is 5.97. The molecule has 0 saturated carbocycles. The second kappa shape index (κ2) is 9.40. The summed E-state index contributed by atoms with van der Waals surface area (Å²) in [7, 11) is 0. The molecule has 1 atom stereocenters. The molecule has 0 spiro atoms. The highest BCUT2D eigenvalue weighted by molar-refractivity contribution is 5.98. The minimum Gasteiger partial charge on any atom is -0.507 e. The maximum Gasteiger partial charge on any atom is 0.289 e. The van der Waals surface area contributed by atoms with Crippen LogP contribution in [0.2, 0.25) is 0 Å². The number of rotatable bonds is 5. The Morgan fingerprint density at radius 1 is 1.24 bits per heavy atom. The highest BCUT2D eigenvalue weighted by atomic mass is 19.1. The topological polar surface area (TPSA) is 136 Å². The lowest BCUT2D eigenvalue weighted by Crippen LogP contribution is -2.38. The lowest BCUT2D eigenvalue weighted by molar-refractivity contribution is 0.0706. The zero-order valence-electron chi connectivity index (χ0n) is 19.5. The summed E-state index contributed by atoms with van der Waals surface area (Å²) < 4.78 is 41.2. The van der Waals surface area contributed by atoms with Crippen LogP contribution in [0.4, 0.5) is 14.5 Å². The monoisotopic (exact) mass is 505 g/mol. The number of pyridine rings is 1. The van der Waals surface area contributed by atoms with Crippen LogP contribution in [0.3, 0.4) is 0 Å². The fraction of sp³-hybridized carbons (Fsp3) is 0.192. The summed E-state index contributed by atoms with van der Waals surface area (Å²) in [5.41, 5.74) is 1.18. The molecule has 0 aliphatic carbocycles. The van der Waals surface area contributed by atoms with Crippen LogP contribution >= 0.6 is 0 Å². The van der Waals surface area contributed by atoms with Gasteiger partial charge >= 0.3 is 0 Å². The molecule has 4 N–H and O–H groups in total. The number of aromatic amines is 1. The number of nitrogens with one attached hydrogen (secondary N) is 2. The zero-order valence-corrected chi connectivity index (χ0v) is 19.5. The Morgan fingerprint density at radius 2 is 2.03 bits per heavy atom. The molecule has 0 saturated heterocycles. The van der Waals surface area contributed by atoms with Gasteiger partial charge in [-0.2, -0.15) is 5.26 Å². The third kappa shape index (κ3) is 4.62. The van der Waals surface area contributed by atoms with Gasteiger partial charge in [-0.3, -0.25) is 0 Å². The fourth-order valence-corrected chi connectivity index (χ4v) is 3.86. The number of hydrogen-bond acceptors (Lipinski definition) is 8. The number of benzene rings is 2. The van der Waals surface area contributed by atoms with Crippen molar-refractivity contribution in [1.82, 2.24) is 9.97 Å². The van der Waals surface area contributed by atoms with Crippen molar-refractivity contribution in [2.45, 2.75) is 6.92 Å². The molecular formula is C26H21F2N5O4. The van der Waals surface area contributed by atoms with Crippen molar-refractivity contribution in [1.29, 1.82) is 5.26 Å². The molecule has 2 aromatic heterocycles. The summed E-state index contributed by atoms with van der Waals surface area (Å²) in [5.74, 6) is -2.61. The van der Waals surface area contributed by atoms with E-state index in [1.807, 2.05) is 13.0 Å². The van der Waals surface area contributed by atoms with E-state index < -0.39 is 22.8 Å². The van der Waals surface area contributed by atoms with E-state index >= 15 is 8.78 Å². The number of aromatic nitrogens is 2. The highest BCUT2D eigenvalue weighted by Crippen LogP contribution is 2.39. The number of ether oxygens (including phenoxy) is 2. The molecule has 5 rings (SSSR count). The number of halogens is 2. The number of aliphatic hydroxyl groups is 1. The first kappa shape index (κ1) is 24.0. The van der Waals surface area contributed by atoms with Gasteiger partial charge in [-0.1, -0.05) is 13.0 Å². The summed E-state index contributed by atoms with van der Waals surface area (Å²) in [6.07, 6.45) is 3.05. The van der Waals surface area contributed by atoms with Gasteiger partial charge < -0.3 is 30.0 Å². The Labute approximate surface area is 209 Å². The van der Waals surface area contributed by atoms with E-state index in [1.165, 1.54) is 24.4 Å². The maximum absolute atomic E-state index is 15.0. The lowest BCUT2D eigenvalue weighted by atomic mass is 9.93. The minimum atomic E-state index is -0.961. The van der Waals surface area contributed by atoms with E-state index in [0.29, 0.717) is 28.7 Å². The fourth-order valence-electron chi connectivity index (χ4n) is 3.86. The Balaban J connectivity index is 1.45. The summed E-state index contributed by atoms with van der Waals surface area (Å²) in [4.78, 5) is 11.4. The van der Waals surface area contributed by atoms with Gasteiger partial charge in [-0.05, 0) is 23.8 Å². The van der Waals surface area contributed by atoms with Crippen molar-refractivity contribution in [3.63, 3.8) is 0 Å². The predicted molar refractivity (Wildman–Crippen MR) is 131 cm³/mol. The molecule has 1 aliphatic heterocycles. The molecule has 11 heteroatoms. The Bertz CT molecular complexity index is 1560. The number of aromatic hydroxyl groups is 1. The van der Waals surface area contributed by atoms with Crippen molar-refractivity contribution < 1.29 is 28.5 Å². The van der Waals surface area contributed by atoms with Crippen LogP contribution in [0.1, 0.15) is 12.5 Å². The van der Waals surface area contributed by atoms with E-state index in [4.69, 9.17) is 14.7 Å². The molecule has 188 valence electrons. The van der Waals surface area contributed by atoms with Gasteiger partial charge in [0.1, 0.15) is 29.8 Å². The summed E-state index contributed by atoms with van der Waals surface area (Å²) in [6.45, 7) is 2.22. The highest BCUT2D eigenvalue weighted by Gasteiger charge is 2.29. The Hall–Kier alpha value is -4.69. The lowest BCUT2D eigenvalue weighted by Gasteiger charge is -2.30. The number of nitriles is 1. The first-order chi connectivity index (χ1) is 17.8. The smallest absolute Gasteiger partial charge is 0.289 e. The van der Waals surface area contributed by atoms with Gasteiger partial charge in [0.05, 0.1) is 24.1 Å². The normalized spacial score (nSPS) is 17.1. The molecule has 1 aliphatic rings. The SMILES string of the molecule is CC1(CO)CN=C(Nc2cc(F)c(Oc3ccnc4[nH]cc(-c5ccc(C#N)c(O)c5)c34)c(F)c2)OC1. The van der Waals surface area contributed by atoms with Crippen molar-refractivity contribution in [2.75, 3.05) is 25.1 Å². The number of aliphatic imine (C=N–C) groups is 1. The average Bonchev–Trinajstić information content (AvgIpc) is 3.33. The molecule has 4 aromatic rings. The van der Waals surface area contributed by atoms with E-state index in [2.05, 4.69) is 20.3 Å². The molecule has 2 aromatic carbocycles. The predicted octanol–water partition coefficient (Wildman–Crippen LogP) is 4.67. The van der Waals surface area contributed by atoms with E-state index in [0.717, 1.165) is 12.1 Å². The van der Waals surface area contributed by atoms with Gasteiger partial charge in [0.25, 0.3) is 6.02 Å². The standard InChI is InChI=1S/C26H21F2N5O4/c1-26(12-34)11-32-25(36-13-26)33-16-7-18(27)23(19(28)8-16)37-21-4-5-30-24-22(21)17(10-31-24)14-2-3-15(9-29)20(35)6-14/h2-8,10,34-35H,11-13H2,1H3,(H,30,31)(H,32,33). The number of phenolic OH excluding ortho intramolecular Hbond substituents is 1. The number of nitrogens with zero attached hydrogens (tertiary/aromatic N) is 3. The second-order valence-electron chi connectivity index (χ2n) is 8.95. The number of aliphatic hydroxyl groups excluding tert-OH is 1. The molecule has 1 unspecified atom stereocenters. The van der Waals surface area contributed by atoms with Crippen LogP contribution < -0.4 is 10.1 Å². The van der Waals surface area contributed by atoms with Gasteiger partial charge in [-0.25, -0.2) is 18.8 Å². The third-order valence-electron chi connectivity index (χ3n) is 5.97. The second-order valence-corrected chi connectivity index (χ2v) is 8.95. The number of amidine groups is 1. The van der Waals surface area contributed by atoms with Crippen molar-refractivity contribution in [2.24, 2.45) is 10.4 Å². The molecule has 3 heterocycles. The zero-order chi connectivity index (χ0) is 26.2. The Morgan fingerprint density at radius 3 is 2.68 bits per heavy atom. The molecule has 9 nitrogen and oxygen atoms in total. The molecule has 0 amide bonds. The molecule has 0 bridgehead atoms. The van der Waals surface area contributed by atoms with Crippen LogP contribution in [-0.4, -0.2) is 46.0 Å². The summed E-state index contributed by atoms with van der Waals surface area (Å²) in [6, 6.07) is 10.1. The average molecular weight is 505 g/mol. The van der Waals surface area contributed by atoms with Gasteiger partial charge in [0.15, 0.2) is 17.4 Å². The van der Waals surface area contributed by atoms with Crippen LogP contribution in [0, 0.1) is 28.4 Å². The van der Waals surface area contributed by atoms with Crippen LogP contribution in [0.25, 0.3) is 22.2 Å². The van der Waals surface area contributed by atoms with Gasteiger partial charge in [-0.15, -0.1) is 0 Å². The van der Waals surface area contributed by atoms with E-state index in [-0.39, 0.29) is 42.0 Å². The Kier molecular flexibility index (Phi) is 6.11. The molecule has 0 radical (unpaired) electrons. The number of H-pyrrole nitrogens is 1. The van der Waals surface area contributed by atoms with Crippen LogP contribution in [-0.2, 0) is 4.74 Å². The van der Waals surface area contributed by atoms with Crippen molar-refractivity contribution in [3.05, 3.63) is 66.0 Å². The first-order valence-electron chi connectivity index (χ1n) is 11.2. The molecule has 0 fully saturated rings. The van der Waals surface area contributed by atoms with Gasteiger partial charge in [0, 0.05) is 41.2 Å². The number of phenols is 1. The maximum atomic E-state index is 15.0. The number of hydrogen-bond donors (Lipinski definition) is 4. The van der Waals surface area contributed by atoms with Crippen LogP contribution in [0.15, 0.2) is 53.8 Å². The molecule has 37 heavy (non-hydrogen) atoms. The van der Waals surface area contributed by atoms with Crippen molar-refractivity contribution >= 4 is 22.7 Å². The quantitative estimate of drug-likeness (QED) is 0.309. The molecular weight excluding hydrogens is 484 g/mol. The van der Waals surface area contributed by atoms with E-state index in [9.17, 15) is 10.2 Å². The largest absolute Gasteiger partial charge is 0.507 e. The van der Waals surface area contributed by atoms with Gasteiger partial charge in [0.2, 0.25) is 0 Å². The summed E-state index contributed by atoms with van der Waals surface area (Å²) >= 11 is 0. The minimum absolute atomic E-state index is 0.0731. The van der Waals surface area contributed by atoms with Crippen molar-refractivity contribution in [3.8, 4) is 34.4 Å².